The highest BCUT2D eigenvalue weighted by atomic mass is 32.2. The van der Waals surface area contributed by atoms with Gasteiger partial charge in [-0.1, -0.05) is 27.2 Å². The Morgan fingerprint density at radius 1 is 1.33 bits per heavy atom. The highest BCUT2D eigenvalue weighted by Gasteiger charge is 2.36. The fraction of sp³-hybridized carbons (Fsp3) is 1.00. The Morgan fingerprint density at radius 3 is 2.53 bits per heavy atom. The van der Waals surface area contributed by atoms with Crippen molar-refractivity contribution < 1.29 is 8.42 Å². The molecular weight excluding hydrogens is 210 g/mol. The molecule has 1 saturated carbocycles. The molecule has 3 nitrogen and oxygen atoms in total. The maximum Gasteiger partial charge on any atom is 0.154 e. The van der Waals surface area contributed by atoms with Gasteiger partial charge in [-0.3, -0.25) is 0 Å². The van der Waals surface area contributed by atoms with Crippen LogP contribution in [-0.2, 0) is 9.84 Å². The summed E-state index contributed by atoms with van der Waals surface area (Å²) in [4.78, 5) is 0. The molecule has 0 heterocycles. The average molecular weight is 233 g/mol. The van der Waals surface area contributed by atoms with Crippen LogP contribution in [-0.4, -0.2) is 32.0 Å². The number of hydrogen-bond donors (Lipinski definition) is 1. The van der Waals surface area contributed by atoms with Crippen molar-refractivity contribution in [2.75, 3.05) is 12.3 Å². The number of nitrogens with one attached hydrogen (secondary N) is 1. The molecule has 4 heteroatoms. The molecule has 2 unspecified atom stereocenters. The van der Waals surface area contributed by atoms with Crippen molar-refractivity contribution in [1.82, 2.24) is 5.32 Å². The smallest absolute Gasteiger partial charge is 0.154 e. The van der Waals surface area contributed by atoms with Crippen LogP contribution >= 0.6 is 0 Å². The molecule has 1 aliphatic rings. The van der Waals surface area contributed by atoms with Crippen LogP contribution < -0.4 is 5.32 Å². The van der Waals surface area contributed by atoms with Crippen molar-refractivity contribution in [2.24, 2.45) is 5.92 Å². The van der Waals surface area contributed by atoms with Crippen LogP contribution in [0.1, 0.15) is 40.0 Å². The largest absolute Gasteiger partial charge is 0.313 e. The summed E-state index contributed by atoms with van der Waals surface area (Å²) in [5.41, 5.74) is 0. The minimum absolute atomic E-state index is 0.139. The lowest BCUT2D eigenvalue weighted by atomic mass is 10.2. The van der Waals surface area contributed by atoms with Crippen LogP contribution in [0.15, 0.2) is 0 Å². The molecule has 1 rings (SSSR count). The van der Waals surface area contributed by atoms with Gasteiger partial charge in [0, 0.05) is 6.04 Å². The molecule has 0 saturated heterocycles. The molecular formula is C11H23NO2S. The Balaban J connectivity index is 2.68. The van der Waals surface area contributed by atoms with E-state index in [2.05, 4.69) is 5.32 Å². The first-order chi connectivity index (χ1) is 6.97. The summed E-state index contributed by atoms with van der Waals surface area (Å²) >= 11 is 0. The molecule has 90 valence electrons. The number of sulfone groups is 1. The van der Waals surface area contributed by atoms with Crippen LogP contribution in [0.4, 0.5) is 0 Å². The second-order valence-corrected chi connectivity index (χ2v) is 7.12. The first-order valence-corrected chi connectivity index (χ1v) is 7.64. The van der Waals surface area contributed by atoms with Gasteiger partial charge in [-0.25, -0.2) is 8.42 Å². The van der Waals surface area contributed by atoms with E-state index in [1.807, 2.05) is 20.8 Å². The molecule has 1 aliphatic carbocycles. The van der Waals surface area contributed by atoms with Crippen LogP contribution in [0.25, 0.3) is 0 Å². The Labute approximate surface area is 93.6 Å². The molecule has 0 aliphatic heterocycles. The summed E-state index contributed by atoms with van der Waals surface area (Å²) in [6.07, 6.45) is 2.89. The van der Waals surface area contributed by atoms with Gasteiger partial charge in [0.25, 0.3) is 0 Å². The van der Waals surface area contributed by atoms with Gasteiger partial charge >= 0.3 is 0 Å². The van der Waals surface area contributed by atoms with Crippen LogP contribution in [0.5, 0.6) is 0 Å². The van der Waals surface area contributed by atoms with Crippen LogP contribution in [0.2, 0.25) is 0 Å². The molecule has 0 bridgehead atoms. The lowest BCUT2D eigenvalue weighted by Crippen LogP contribution is -2.41. The minimum atomic E-state index is -2.89. The first kappa shape index (κ1) is 13.0. The van der Waals surface area contributed by atoms with Crippen molar-refractivity contribution in [3.63, 3.8) is 0 Å². The number of rotatable bonds is 5. The molecule has 2 atom stereocenters. The zero-order valence-corrected chi connectivity index (χ0v) is 10.8. The van der Waals surface area contributed by atoms with Crippen molar-refractivity contribution in [1.29, 1.82) is 0 Å². The van der Waals surface area contributed by atoms with E-state index in [4.69, 9.17) is 0 Å². The fourth-order valence-electron chi connectivity index (χ4n) is 2.44. The number of hydrogen-bond acceptors (Lipinski definition) is 3. The molecule has 0 aromatic rings. The minimum Gasteiger partial charge on any atom is -0.313 e. The maximum absolute atomic E-state index is 12.1. The summed E-state index contributed by atoms with van der Waals surface area (Å²) in [5, 5.41) is 3.16. The van der Waals surface area contributed by atoms with Gasteiger partial charge in [0.2, 0.25) is 0 Å². The van der Waals surface area contributed by atoms with Crippen LogP contribution in [0.3, 0.4) is 0 Å². The lowest BCUT2D eigenvalue weighted by Gasteiger charge is -2.21. The third-order valence-electron chi connectivity index (χ3n) is 2.95. The lowest BCUT2D eigenvalue weighted by molar-refractivity contribution is 0.512. The van der Waals surface area contributed by atoms with Crippen molar-refractivity contribution in [3.8, 4) is 0 Å². The Morgan fingerprint density at radius 2 is 2.00 bits per heavy atom. The van der Waals surface area contributed by atoms with E-state index in [1.54, 1.807) is 0 Å². The Hall–Kier alpha value is -0.0900. The Bertz CT molecular complexity index is 285. The molecule has 0 spiro atoms. The van der Waals surface area contributed by atoms with E-state index < -0.39 is 9.84 Å². The predicted octanol–water partition coefficient (Wildman–Crippen LogP) is 1.59. The van der Waals surface area contributed by atoms with E-state index in [0.29, 0.717) is 5.75 Å². The molecule has 0 aromatic carbocycles. The van der Waals surface area contributed by atoms with E-state index in [-0.39, 0.29) is 17.2 Å². The van der Waals surface area contributed by atoms with Gasteiger partial charge in [0.15, 0.2) is 9.84 Å². The molecule has 1 fully saturated rings. The second kappa shape index (κ2) is 5.30. The summed E-state index contributed by atoms with van der Waals surface area (Å²) in [6, 6.07) is 0.193. The summed E-state index contributed by atoms with van der Waals surface area (Å²) < 4.78 is 24.2. The maximum atomic E-state index is 12.1. The van der Waals surface area contributed by atoms with Gasteiger partial charge in [-0.2, -0.15) is 0 Å². The zero-order valence-electron chi connectivity index (χ0n) is 9.99. The van der Waals surface area contributed by atoms with Crippen LogP contribution in [0, 0.1) is 5.92 Å². The van der Waals surface area contributed by atoms with Crippen molar-refractivity contribution in [3.05, 3.63) is 0 Å². The highest BCUT2D eigenvalue weighted by molar-refractivity contribution is 7.92. The topological polar surface area (TPSA) is 46.2 Å². The molecule has 0 radical (unpaired) electrons. The quantitative estimate of drug-likeness (QED) is 0.784. The first-order valence-electron chi connectivity index (χ1n) is 5.92. The summed E-state index contributed by atoms with van der Waals surface area (Å²) in [6.45, 7) is 6.83. The second-order valence-electron chi connectivity index (χ2n) is 4.86. The van der Waals surface area contributed by atoms with E-state index in [0.717, 1.165) is 25.8 Å². The van der Waals surface area contributed by atoms with Gasteiger partial charge < -0.3 is 5.32 Å². The third kappa shape index (κ3) is 3.45. The summed E-state index contributed by atoms with van der Waals surface area (Å²) in [7, 11) is -2.89. The SMILES string of the molecule is CCNC1CCCC1S(=O)(=O)CC(C)C. The van der Waals surface area contributed by atoms with Crippen molar-refractivity contribution >= 4 is 9.84 Å². The van der Waals surface area contributed by atoms with Crippen molar-refractivity contribution in [2.45, 2.75) is 51.3 Å². The van der Waals surface area contributed by atoms with E-state index in [9.17, 15) is 8.42 Å². The normalized spacial score (nSPS) is 27.5. The van der Waals surface area contributed by atoms with Gasteiger partial charge in [-0.05, 0) is 25.3 Å². The zero-order chi connectivity index (χ0) is 11.5. The standard InChI is InChI=1S/C11H23NO2S/c1-4-12-10-6-5-7-11(10)15(13,14)8-9(2)3/h9-12H,4-8H2,1-3H3. The van der Waals surface area contributed by atoms with E-state index in [1.165, 1.54) is 0 Å². The molecule has 0 aromatic heterocycles. The third-order valence-corrected chi connectivity index (χ3v) is 5.56. The summed E-state index contributed by atoms with van der Waals surface area (Å²) in [5.74, 6) is 0.567. The van der Waals surface area contributed by atoms with E-state index >= 15 is 0 Å². The monoisotopic (exact) mass is 233 g/mol. The van der Waals surface area contributed by atoms with Gasteiger partial charge in [0.1, 0.15) is 0 Å². The predicted molar refractivity (Wildman–Crippen MR) is 63.7 cm³/mol. The molecule has 0 amide bonds. The average Bonchev–Trinajstić information content (AvgIpc) is 2.51. The fourth-order valence-corrected chi connectivity index (χ4v) is 4.87. The highest BCUT2D eigenvalue weighted by Crippen LogP contribution is 2.27. The van der Waals surface area contributed by atoms with Gasteiger partial charge in [-0.15, -0.1) is 0 Å². The van der Waals surface area contributed by atoms with Gasteiger partial charge in [0.05, 0.1) is 11.0 Å². The Kier molecular flexibility index (Phi) is 4.59. The molecule has 15 heavy (non-hydrogen) atoms. The molecule has 1 N–H and O–H groups in total.